The highest BCUT2D eigenvalue weighted by molar-refractivity contribution is 6.17. The molecule has 11 rings (SSSR count). The number of aromatic nitrogens is 4. The largest absolute Gasteiger partial charge is 0.456 e. The Hall–Kier alpha value is -7.63. The van der Waals surface area contributed by atoms with E-state index in [1.807, 2.05) is 30.3 Å². The third-order valence-electron chi connectivity index (χ3n) is 10.7. The van der Waals surface area contributed by atoms with E-state index in [1.54, 1.807) is 0 Å². The van der Waals surface area contributed by atoms with E-state index in [-0.39, 0.29) is 0 Å². The van der Waals surface area contributed by atoms with Crippen molar-refractivity contribution in [3.05, 3.63) is 194 Å². The number of rotatable bonds is 6. The van der Waals surface area contributed by atoms with Crippen LogP contribution in [0.15, 0.2) is 199 Å². The zero-order valence-corrected chi connectivity index (χ0v) is 30.2. The van der Waals surface area contributed by atoms with E-state index in [4.69, 9.17) is 19.4 Å². The van der Waals surface area contributed by atoms with Crippen LogP contribution in [0.5, 0.6) is 0 Å². The van der Waals surface area contributed by atoms with Crippen molar-refractivity contribution in [1.29, 1.82) is 0 Å². The predicted octanol–water partition coefficient (Wildman–Crippen LogP) is 13.2. The Labute approximate surface area is 322 Å². The first-order chi connectivity index (χ1) is 27.8. The summed E-state index contributed by atoms with van der Waals surface area (Å²) in [5.41, 5.74) is 12.1. The van der Waals surface area contributed by atoms with Gasteiger partial charge in [0, 0.05) is 32.8 Å². The molecule has 5 nitrogen and oxygen atoms in total. The van der Waals surface area contributed by atoms with Crippen molar-refractivity contribution in [2.75, 3.05) is 0 Å². The van der Waals surface area contributed by atoms with Gasteiger partial charge in [0.25, 0.3) is 0 Å². The molecule has 0 bridgehead atoms. The number of benzene rings is 8. The van der Waals surface area contributed by atoms with Crippen molar-refractivity contribution in [2.24, 2.45) is 0 Å². The van der Waals surface area contributed by atoms with Gasteiger partial charge in [0.15, 0.2) is 17.5 Å². The monoisotopic (exact) mass is 716 g/mol. The molecule has 3 aromatic heterocycles. The highest BCUT2D eigenvalue weighted by Gasteiger charge is 2.22. The van der Waals surface area contributed by atoms with Gasteiger partial charge in [-0.25, -0.2) is 15.0 Å². The topological polar surface area (TPSA) is 56.7 Å². The van der Waals surface area contributed by atoms with Crippen molar-refractivity contribution in [1.82, 2.24) is 19.5 Å². The molecule has 262 valence electrons. The third-order valence-corrected chi connectivity index (χ3v) is 10.7. The van der Waals surface area contributed by atoms with E-state index in [2.05, 4.69) is 168 Å². The second-order valence-corrected chi connectivity index (χ2v) is 14.0. The maximum atomic E-state index is 6.62. The Morgan fingerprint density at radius 3 is 1.70 bits per heavy atom. The van der Waals surface area contributed by atoms with Crippen molar-refractivity contribution in [3.63, 3.8) is 0 Å². The smallest absolute Gasteiger partial charge is 0.166 e. The van der Waals surface area contributed by atoms with Gasteiger partial charge < -0.3 is 8.98 Å². The van der Waals surface area contributed by atoms with Crippen LogP contribution in [0.3, 0.4) is 0 Å². The minimum Gasteiger partial charge on any atom is -0.456 e. The second-order valence-electron chi connectivity index (χ2n) is 14.0. The third kappa shape index (κ3) is 5.29. The molecule has 56 heavy (non-hydrogen) atoms. The molecule has 11 aromatic rings. The number of para-hydroxylation sites is 2. The van der Waals surface area contributed by atoms with Gasteiger partial charge in [-0.3, -0.25) is 0 Å². The van der Waals surface area contributed by atoms with E-state index in [0.717, 1.165) is 88.4 Å². The lowest BCUT2D eigenvalue weighted by Crippen LogP contribution is -2.02. The van der Waals surface area contributed by atoms with Crippen LogP contribution in [0.1, 0.15) is 0 Å². The standard InChI is InChI=1S/C51H32N4O/c1-4-15-33(16-5-1)36-21-12-22-38(31-36)50-52-49(35-19-8-3-9-20-35)53-51(54-50)42-25-13-24-40-39-23-10-11-26-43(39)55(48(40)42)44-27-14-28-45-47(44)41-30-29-37(32-46(41)56-45)34-17-6-2-7-18-34/h1-32H. The number of hydrogen-bond donors (Lipinski definition) is 0. The zero-order valence-electron chi connectivity index (χ0n) is 30.2. The maximum absolute atomic E-state index is 6.62. The average Bonchev–Trinajstić information content (AvgIpc) is 3.83. The molecule has 0 aliphatic heterocycles. The number of hydrogen-bond acceptors (Lipinski definition) is 4. The zero-order chi connectivity index (χ0) is 37.0. The van der Waals surface area contributed by atoms with Crippen LogP contribution in [0.25, 0.3) is 106 Å². The molecule has 5 heteroatoms. The Morgan fingerprint density at radius 1 is 0.357 bits per heavy atom. The summed E-state index contributed by atoms with van der Waals surface area (Å²) in [6, 6.07) is 67.3. The molecular formula is C51H32N4O. The van der Waals surface area contributed by atoms with Crippen LogP contribution < -0.4 is 0 Å². The first-order valence-corrected chi connectivity index (χ1v) is 18.8. The molecule has 0 aliphatic carbocycles. The molecule has 0 aliphatic rings. The summed E-state index contributed by atoms with van der Waals surface area (Å²) in [5.74, 6) is 1.83. The fraction of sp³-hybridized carbons (Fsp3) is 0. The summed E-state index contributed by atoms with van der Waals surface area (Å²) in [4.78, 5) is 15.6. The molecule has 0 unspecified atom stereocenters. The molecule has 0 saturated heterocycles. The summed E-state index contributed by atoms with van der Waals surface area (Å²) in [5, 5.41) is 4.38. The van der Waals surface area contributed by atoms with Crippen molar-refractivity contribution >= 4 is 43.7 Å². The quantitative estimate of drug-likeness (QED) is 0.172. The SMILES string of the molecule is c1ccc(-c2cccc(-c3nc(-c4ccccc4)nc(-c4cccc5c6ccccc6n(-c6cccc7oc8cc(-c9ccccc9)ccc8c67)c45)n3)c2)cc1. The van der Waals surface area contributed by atoms with Gasteiger partial charge in [-0.05, 0) is 64.7 Å². The Kier molecular flexibility index (Phi) is 7.42. The average molecular weight is 717 g/mol. The molecule has 0 radical (unpaired) electrons. The fourth-order valence-electron chi connectivity index (χ4n) is 8.06. The van der Waals surface area contributed by atoms with Crippen molar-refractivity contribution in [2.45, 2.75) is 0 Å². The summed E-state index contributed by atoms with van der Waals surface area (Å²) in [6.07, 6.45) is 0. The van der Waals surface area contributed by atoms with Gasteiger partial charge in [0.2, 0.25) is 0 Å². The van der Waals surface area contributed by atoms with Crippen LogP contribution in [-0.4, -0.2) is 19.5 Å². The molecule has 0 amide bonds. The normalized spacial score (nSPS) is 11.6. The van der Waals surface area contributed by atoms with Crippen LogP contribution in [0.4, 0.5) is 0 Å². The Morgan fingerprint density at radius 2 is 0.929 bits per heavy atom. The highest BCUT2D eigenvalue weighted by atomic mass is 16.3. The van der Waals surface area contributed by atoms with Gasteiger partial charge in [0.05, 0.1) is 22.1 Å². The first-order valence-electron chi connectivity index (χ1n) is 18.8. The lowest BCUT2D eigenvalue weighted by Gasteiger charge is -2.14. The summed E-state index contributed by atoms with van der Waals surface area (Å²) in [6.45, 7) is 0. The van der Waals surface area contributed by atoms with Crippen LogP contribution in [-0.2, 0) is 0 Å². The fourth-order valence-corrected chi connectivity index (χ4v) is 8.06. The molecule has 0 saturated carbocycles. The maximum Gasteiger partial charge on any atom is 0.166 e. The summed E-state index contributed by atoms with van der Waals surface area (Å²) in [7, 11) is 0. The minimum absolute atomic E-state index is 0.602. The molecule has 8 aromatic carbocycles. The van der Waals surface area contributed by atoms with E-state index in [1.165, 1.54) is 0 Å². The molecule has 0 N–H and O–H groups in total. The van der Waals surface area contributed by atoms with Gasteiger partial charge in [-0.1, -0.05) is 152 Å². The van der Waals surface area contributed by atoms with Crippen molar-refractivity contribution < 1.29 is 4.42 Å². The molecule has 0 fully saturated rings. The van der Waals surface area contributed by atoms with Gasteiger partial charge in [0.1, 0.15) is 11.2 Å². The molecule has 0 spiro atoms. The highest BCUT2D eigenvalue weighted by Crippen LogP contribution is 2.42. The summed E-state index contributed by atoms with van der Waals surface area (Å²) >= 11 is 0. The van der Waals surface area contributed by atoms with E-state index < -0.39 is 0 Å². The van der Waals surface area contributed by atoms with Crippen LogP contribution in [0, 0.1) is 0 Å². The van der Waals surface area contributed by atoms with Gasteiger partial charge in [-0.15, -0.1) is 0 Å². The lowest BCUT2D eigenvalue weighted by atomic mass is 10.0. The van der Waals surface area contributed by atoms with Crippen molar-refractivity contribution in [3.8, 4) is 62.1 Å². The van der Waals surface area contributed by atoms with E-state index in [9.17, 15) is 0 Å². The number of furan rings is 1. The van der Waals surface area contributed by atoms with Crippen LogP contribution in [0.2, 0.25) is 0 Å². The van der Waals surface area contributed by atoms with E-state index >= 15 is 0 Å². The molecule has 0 atom stereocenters. The van der Waals surface area contributed by atoms with Crippen LogP contribution >= 0.6 is 0 Å². The molecular weight excluding hydrogens is 685 g/mol. The number of nitrogens with zero attached hydrogens (tertiary/aromatic N) is 4. The van der Waals surface area contributed by atoms with Gasteiger partial charge >= 0.3 is 0 Å². The van der Waals surface area contributed by atoms with Gasteiger partial charge in [-0.2, -0.15) is 0 Å². The Bertz CT molecular complexity index is 3240. The summed E-state index contributed by atoms with van der Waals surface area (Å²) < 4.78 is 8.98. The number of fused-ring (bicyclic) bond motifs is 6. The second kappa shape index (κ2) is 13.0. The molecule has 3 heterocycles. The predicted molar refractivity (Wildman–Crippen MR) is 229 cm³/mol. The van der Waals surface area contributed by atoms with E-state index in [0.29, 0.717) is 17.5 Å². The first kappa shape index (κ1) is 31.9. The minimum atomic E-state index is 0.602. The Balaban J connectivity index is 1.17. The lowest BCUT2D eigenvalue weighted by molar-refractivity contribution is 0.669.